The summed E-state index contributed by atoms with van der Waals surface area (Å²) in [5, 5.41) is 11.1. The van der Waals surface area contributed by atoms with Crippen molar-refractivity contribution in [2.45, 2.75) is 0 Å². The lowest BCUT2D eigenvalue weighted by Gasteiger charge is -2.11. The third-order valence-electron chi connectivity index (χ3n) is 2.32. The molecule has 2 heterocycles. The van der Waals surface area contributed by atoms with E-state index in [1.165, 1.54) is 0 Å². The van der Waals surface area contributed by atoms with Crippen LogP contribution in [-0.2, 0) is 0 Å². The second-order valence-electron chi connectivity index (χ2n) is 3.14. The number of aromatic nitrogens is 2. The summed E-state index contributed by atoms with van der Waals surface area (Å²) >= 11 is 0. The summed E-state index contributed by atoms with van der Waals surface area (Å²) < 4.78 is 0. The Labute approximate surface area is 79.3 Å². The van der Waals surface area contributed by atoms with E-state index < -0.39 is 0 Å². The highest BCUT2D eigenvalue weighted by molar-refractivity contribution is 6.00. The fraction of sp³-hybridized carbons (Fsp3) is 0. The minimum absolute atomic E-state index is 0.150. The van der Waals surface area contributed by atoms with Crippen LogP contribution in [0.3, 0.4) is 0 Å². The number of H-pyrrole nitrogens is 1. The molecular weight excluding hydrogens is 178 g/mol. The minimum atomic E-state index is -0.150. The van der Waals surface area contributed by atoms with Crippen LogP contribution in [0.15, 0.2) is 29.2 Å². The first-order valence-electron chi connectivity index (χ1n) is 4.31. The van der Waals surface area contributed by atoms with Gasteiger partial charge in [0.25, 0.3) is 5.56 Å². The lowest BCUT2D eigenvalue weighted by molar-refractivity contribution is 0.998. The van der Waals surface area contributed by atoms with E-state index >= 15 is 0 Å². The summed E-state index contributed by atoms with van der Waals surface area (Å²) in [6, 6.07) is 5.57. The van der Waals surface area contributed by atoms with Gasteiger partial charge in [0.15, 0.2) is 0 Å². The highest BCUT2D eigenvalue weighted by atomic mass is 16.1. The predicted octanol–water partition coefficient (Wildman–Crippen LogP) is 1.32. The van der Waals surface area contributed by atoms with Gasteiger partial charge in [-0.3, -0.25) is 4.79 Å². The van der Waals surface area contributed by atoms with E-state index in [0.717, 1.165) is 16.8 Å². The first-order chi connectivity index (χ1) is 6.86. The molecule has 1 aromatic heterocycles. The van der Waals surface area contributed by atoms with Crippen LogP contribution < -0.4 is 10.9 Å². The van der Waals surface area contributed by atoms with E-state index in [9.17, 15) is 4.79 Å². The van der Waals surface area contributed by atoms with Gasteiger partial charge >= 0.3 is 0 Å². The van der Waals surface area contributed by atoms with Crippen LogP contribution in [0.4, 0.5) is 5.69 Å². The quantitative estimate of drug-likeness (QED) is 0.650. The number of hydrogen-bond donors (Lipinski definition) is 2. The zero-order valence-electron chi connectivity index (χ0n) is 7.24. The van der Waals surface area contributed by atoms with Gasteiger partial charge in [-0.2, -0.15) is 5.10 Å². The molecule has 2 aromatic rings. The van der Waals surface area contributed by atoms with Crippen molar-refractivity contribution in [1.29, 1.82) is 0 Å². The van der Waals surface area contributed by atoms with Crippen LogP contribution in [-0.4, -0.2) is 10.2 Å². The van der Waals surface area contributed by atoms with Crippen LogP contribution in [0.5, 0.6) is 0 Å². The predicted molar refractivity (Wildman–Crippen MR) is 55.0 cm³/mol. The normalized spacial score (nSPS) is 12.9. The Morgan fingerprint density at radius 1 is 1.29 bits per heavy atom. The fourth-order valence-electron chi connectivity index (χ4n) is 1.70. The van der Waals surface area contributed by atoms with Crippen LogP contribution in [0, 0.1) is 0 Å². The van der Waals surface area contributed by atoms with E-state index in [1.807, 2.05) is 24.4 Å². The molecule has 14 heavy (non-hydrogen) atoms. The zero-order valence-corrected chi connectivity index (χ0v) is 7.24. The van der Waals surface area contributed by atoms with E-state index in [2.05, 4.69) is 15.5 Å². The molecule has 0 saturated carbocycles. The first kappa shape index (κ1) is 7.32. The average molecular weight is 185 g/mol. The maximum absolute atomic E-state index is 11.5. The Balaban J connectivity index is 2.63. The molecule has 1 aliphatic heterocycles. The van der Waals surface area contributed by atoms with Gasteiger partial charge in [0.1, 0.15) is 0 Å². The van der Waals surface area contributed by atoms with Gasteiger partial charge in [-0.05, 0) is 18.2 Å². The first-order valence-corrected chi connectivity index (χ1v) is 4.31. The standard InChI is InChI=1S/C10H7N3O/c14-10-6-2-1-3-7-9(6)8(12-13-10)4-5-11-7/h1-5,11H,(H,13,14). The second-order valence-corrected chi connectivity index (χ2v) is 3.14. The maximum atomic E-state index is 11.5. The maximum Gasteiger partial charge on any atom is 0.272 e. The van der Waals surface area contributed by atoms with Crippen molar-refractivity contribution in [1.82, 2.24) is 10.2 Å². The molecule has 1 aliphatic rings. The van der Waals surface area contributed by atoms with Gasteiger partial charge < -0.3 is 5.32 Å². The summed E-state index contributed by atoms with van der Waals surface area (Å²) in [5.74, 6) is 0. The number of anilines is 1. The average Bonchev–Trinajstić information content (AvgIpc) is 2.24. The molecule has 1 aromatic carbocycles. The lowest BCUT2D eigenvalue weighted by Crippen LogP contribution is -2.11. The molecule has 0 radical (unpaired) electrons. The topological polar surface area (TPSA) is 57.8 Å². The molecule has 0 bridgehead atoms. The van der Waals surface area contributed by atoms with Gasteiger partial charge in [-0.1, -0.05) is 6.07 Å². The molecule has 4 heteroatoms. The number of aromatic amines is 1. The highest BCUT2D eigenvalue weighted by Crippen LogP contribution is 2.26. The Bertz CT molecular complexity index is 598. The Morgan fingerprint density at radius 2 is 2.21 bits per heavy atom. The molecule has 0 amide bonds. The highest BCUT2D eigenvalue weighted by Gasteiger charge is 2.10. The summed E-state index contributed by atoms with van der Waals surface area (Å²) in [4.78, 5) is 11.5. The summed E-state index contributed by atoms with van der Waals surface area (Å²) in [6.07, 6.45) is 3.65. The number of nitrogens with one attached hydrogen (secondary N) is 2. The number of nitrogens with zero attached hydrogens (tertiary/aromatic N) is 1. The molecule has 3 rings (SSSR count). The van der Waals surface area contributed by atoms with Crippen molar-refractivity contribution in [3.63, 3.8) is 0 Å². The van der Waals surface area contributed by atoms with Crippen LogP contribution in [0.2, 0.25) is 0 Å². The van der Waals surface area contributed by atoms with Crippen molar-refractivity contribution in [3.05, 3.63) is 40.4 Å². The molecular formula is C10H7N3O. The molecule has 0 unspecified atom stereocenters. The van der Waals surface area contributed by atoms with Gasteiger partial charge in [-0.25, -0.2) is 5.10 Å². The summed E-state index contributed by atoms with van der Waals surface area (Å²) in [6.45, 7) is 0. The van der Waals surface area contributed by atoms with Crippen molar-refractivity contribution >= 4 is 22.5 Å². The molecule has 0 saturated heterocycles. The van der Waals surface area contributed by atoms with Crippen molar-refractivity contribution in [2.24, 2.45) is 0 Å². The van der Waals surface area contributed by atoms with Crippen LogP contribution in [0.1, 0.15) is 5.69 Å². The van der Waals surface area contributed by atoms with Crippen molar-refractivity contribution in [3.8, 4) is 0 Å². The van der Waals surface area contributed by atoms with Crippen LogP contribution >= 0.6 is 0 Å². The van der Waals surface area contributed by atoms with Crippen molar-refractivity contribution < 1.29 is 0 Å². The number of rotatable bonds is 0. The third kappa shape index (κ3) is 0.821. The lowest BCUT2D eigenvalue weighted by atomic mass is 10.1. The molecule has 2 N–H and O–H groups in total. The van der Waals surface area contributed by atoms with Gasteiger partial charge in [0.2, 0.25) is 0 Å². The molecule has 0 atom stereocenters. The van der Waals surface area contributed by atoms with Gasteiger partial charge in [-0.15, -0.1) is 0 Å². The second kappa shape index (κ2) is 2.45. The molecule has 4 nitrogen and oxygen atoms in total. The smallest absolute Gasteiger partial charge is 0.272 e. The number of hydrogen-bond acceptors (Lipinski definition) is 3. The minimum Gasteiger partial charge on any atom is -0.361 e. The largest absolute Gasteiger partial charge is 0.361 e. The van der Waals surface area contributed by atoms with E-state index in [4.69, 9.17) is 0 Å². The molecule has 0 fully saturated rings. The van der Waals surface area contributed by atoms with Crippen LogP contribution in [0.25, 0.3) is 16.8 Å². The summed E-state index contributed by atoms with van der Waals surface area (Å²) in [7, 11) is 0. The Hall–Kier alpha value is -2.10. The fourth-order valence-corrected chi connectivity index (χ4v) is 1.70. The summed E-state index contributed by atoms with van der Waals surface area (Å²) in [5.41, 5.74) is 1.58. The van der Waals surface area contributed by atoms with Crippen molar-refractivity contribution in [2.75, 3.05) is 5.32 Å². The zero-order chi connectivity index (χ0) is 9.54. The third-order valence-corrected chi connectivity index (χ3v) is 2.32. The van der Waals surface area contributed by atoms with E-state index in [0.29, 0.717) is 5.39 Å². The Kier molecular flexibility index (Phi) is 1.28. The SMILES string of the molecule is O=c1[nH]nc2c3c(cccc13)NC=C2. The van der Waals surface area contributed by atoms with Gasteiger partial charge in [0, 0.05) is 17.3 Å². The molecule has 0 spiro atoms. The monoisotopic (exact) mass is 185 g/mol. The molecule has 0 aliphatic carbocycles. The molecule has 68 valence electrons. The Morgan fingerprint density at radius 3 is 3.14 bits per heavy atom. The van der Waals surface area contributed by atoms with E-state index in [1.54, 1.807) is 6.07 Å². The number of benzene rings is 1. The van der Waals surface area contributed by atoms with E-state index in [-0.39, 0.29) is 5.56 Å². The van der Waals surface area contributed by atoms with Gasteiger partial charge in [0.05, 0.1) is 11.1 Å².